The molecule has 2 N–H and O–H groups in total. The van der Waals surface area contributed by atoms with E-state index in [1.807, 2.05) is 11.9 Å². The summed E-state index contributed by atoms with van der Waals surface area (Å²) in [4.78, 5) is 54.3. The number of rotatable bonds is 5. The van der Waals surface area contributed by atoms with Crippen LogP contribution in [0.15, 0.2) is 15.8 Å². The minimum atomic E-state index is -0.574. The fraction of sp³-hybridized carbons (Fsp3) is 0.667. The lowest BCUT2D eigenvalue weighted by Crippen LogP contribution is -2.58. The molecule has 3 heterocycles. The van der Waals surface area contributed by atoms with E-state index in [4.69, 9.17) is 0 Å². The lowest BCUT2D eigenvalue weighted by Gasteiger charge is -2.47. The molecule has 148 valence electrons. The summed E-state index contributed by atoms with van der Waals surface area (Å²) >= 11 is 0. The summed E-state index contributed by atoms with van der Waals surface area (Å²) in [5, 5.41) is 3.08. The number of hydrogen-bond acceptors (Lipinski definition) is 5. The number of fused-ring (bicyclic) bond motifs is 1. The van der Waals surface area contributed by atoms with Crippen molar-refractivity contribution in [3.05, 3.63) is 32.6 Å². The summed E-state index contributed by atoms with van der Waals surface area (Å²) in [6, 6.07) is 0.182. The topological polar surface area (TPSA) is 108 Å². The van der Waals surface area contributed by atoms with Crippen molar-refractivity contribution in [3.8, 4) is 0 Å². The molecule has 0 unspecified atom stereocenters. The van der Waals surface area contributed by atoms with Crippen LogP contribution in [0.5, 0.6) is 0 Å². The maximum absolute atomic E-state index is 12.7. The molecule has 0 bridgehead atoms. The second-order valence-electron chi connectivity index (χ2n) is 7.38. The first-order valence-corrected chi connectivity index (χ1v) is 9.43. The van der Waals surface area contributed by atoms with Gasteiger partial charge in [0.25, 0.3) is 5.56 Å². The molecule has 1 aromatic rings. The predicted octanol–water partition coefficient (Wildman–Crippen LogP) is -1.10. The SMILES string of the molecule is CNCCN1C(=O)CC[C@H]2CN(C(=O)Cn3cc(C)c(=O)[nH]c3=O)CC[C@H]21. The monoisotopic (exact) mass is 377 g/mol. The first kappa shape index (κ1) is 19.3. The number of nitrogens with zero attached hydrogens (tertiary/aromatic N) is 3. The van der Waals surface area contributed by atoms with Gasteiger partial charge in [-0.3, -0.25) is 23.9 Å². The van der Waals surface area contributed by atoms with Crippen LogP contribution in [0.4, 0.5) is 0 Å². The van der Waals surface area contributed by atoms with Crippen molar-refractivity contribution >= 4 is 11.8 Å². The first-order valence-electron chi connectivity index (χ1n) is 9.43. The zero-order valence-electron chi connectivity index (χ0n) is 15.9. The van der Waals surface area contributed by atoms with Crippen molar-refractivity contribution in [2.24, 2.45) is 5.92 Å². The number of aryl methyl sites for hydroxylation is 1. The first-order chi connectivity index (χ1) is 12.9. The van der Waals surface area contributed by atoms with Crippen molar-refractivity contribution in [1.29, 1.82) is 0 Å². The number of likely N-dealkylation sites (N-methyl/N-ethyl adjacent to an activating group) is 1. The Labute approximate surface area is 157 Å². The molecule has 2 fully saturated rings. The zero-order valence-corrected chi connectivity index (χ0v) is 15.9. The van der Waals surface area contributed by atoms with Crippen LogP contribution in [-0.4, -0.2) is 70.4 Å². The fourth-order valence-corrected chi connectivity index (χ4v) is 4.08. The van der Waals surface area contributed by atoms with Gasteiger partial charge in [-0.1, -0.05) is 0 Å². The third-order valence-electron chi connectivity index (χ3n) is 5.59. The van der Waals surface area contributed by atoms with Crippen molar-refractivity contribution in [2.75, 3.05) is 33.2 Å². The van der Waals surface area contributed by atoms with Crippen molar-refractivity contribution < 1.29 is 9.59 Å². The van der Waals surface area contributed by atoms with Crippen LogP contribution in [0.25, 0.3) is 0 Å². The fourth-order valence-electron chi connectivity index (χ4n) is 4.08. The second kappa shape index (κ2) is 8.08. The molecule has 9 nitrogen and oxygen atoms in total. The third kappa shape index (κ3) is 4.13. The van der Waals surface area contributed by atoms with E-state index < -0.39 is 11.2 Å². The van der Waals surface area contributed by atoms with Gasteiger partial charge in [-0.25, -0.2) is 4.79 Å². The molecule has 2 amide bonds. The summed E-state index contributed by atoms with van der Waals surface area (Å²) < 4.78 is 1.24. The number of amides is 2. The molecule has 2 aliphatic heterocycles. The average Bonchev–Trinajstić information content (AvgIpc) is 2.65. The Balaban J connectivity index is 1.66. The van der Waals surface area contributed by atoms with E-state index in [9.17, 15) is 19.2 Å². The number of piperidine rings is 2. The lowest BCUT2D eigenvalue weighted by atomic mass is 9.83. The van der Waals surface area contributed by atoms with Gasteiger partial charge < -0.3 is 15.1 Å². The standard InChI is InChI=1S/C18H27N5O4/c1-12-9-22(18(27)20-17(12)26)11-16(25)21-7-5-14-13(10-21)3-4-15(24)23(14)8-6-19-2/h9,13-14,19H,3-8,10-11H2,1-2H3,(H,20,26,27)/t13-,14+/m0/s1. The third-order valence-corrected chi connectivity index (χ3v) is 5.59. The maximum atomic E-state index is 12.7. The summed E-state index contributed by atoms with van der Waals surface area (Å²) in [7, 11) is 1.87. The largest absolute Gasteiger partial charge is 0.341 e. The molecular formula is C18H27N5O4. The van der Waals surface area contributed by atoms with Crippen molar-refractivity contribution in [3.63, 3.8) is 0 Å². The molecule has 0 radical (unpaired) electrons. The van der Waals surface area contributed by atoms with Crippen molar-refractivity contribution in [2.45, 2.75) is 38.8 Å². The summed E-state index contributed by atoms with van der Waals surface area (Å²) in [6.07, 6.45) is 3.49. The van der Waals surface area contributed by atoms with E-state index in [2.05, 4.69) is 10.3 Å². The van der Waals surface area contributed by atoms with E-state index in [1.165, 1.54) is 10.8 Å². The van der Waals surface area contributed by atoms with Gasteiger partial charge in [0.2, 0.25) is 11.8 Å². The van der Waals surface area contributed by atoms with Gasteiger partial charge >= 0.3 is 5.69 Å². The number of H-pyrrole nitrogens is 1. The van der Waals surface area contributed by atoms with Crippen molar-refractivity contribution in [1.82, 2.24) is 24.7 Å². The molecule has 3 rings (SSSR count). The Hall–Kier alpha value is -2.42. The highest BCUT2D eigenvalue weighted by Gasteiger charge is 2.39. The normalized spacial score (nSPS) is 22.7. The Morgan fingerprint density at radius 2 is 2.07 bits per heavy atom. The Morgan fingerprint density at radius 1 is 1.30 bits per heavy atom. The van der Waals surface area contributed by atoms with Gasteiger partial charge in [0, 0.05) is 50.4 Å². The van der Waals surface area contributed by atoms with Crippen LogP contribution in [0.2, 0.25) is 0 Å². The number of carbonyl (C=O) groups is 2. The molecule has 0 aliphatic carbocycles. The number of likely N-dealkylation sites (tertiary alicyclic amines) is 2. The van der Waals surface area contributed by atoms with Crippen LogP contribution in [0.1, 0.15) is 24.8 Å². The van der Waals surface area contributed by atoms with E-state index in [1.54, 1.807) is 11.8 Å². The van der Waals surface area contributed by atoms with Crippen LogP contribution < -0.4 is 16.6 Å². The maximum Gasteiger partial charge on any atom is 0.328 e. The van der Waals surface area contributed by atoms with E-state index in [0.29, 0.717) is 31.6 Å². The second-order valence-corrected chi connectivity index (χ2v) is 7.38. The van der Waals surface area contributed by atoms with Crippen LogP contribution >= 0.6 is 0 Å². The summed E-state index contributed by atoms with van der Waals surface area (Å²) in [5.41, 5.74) is -0.611. The highest BCUT2D eigenvalue weighted by Crippen LogP contribution is 2.31. The van der Waals surface area contributed by atoms with Gasteiger partial charge in [-0.2, -0.15) is 0 Å². The van der Waals surface area contributed by atoms with Gasteiger partial charge in [0.1, 0.15) is 6.54 Å². The number of hydrogen-bond donors (Lipinski definition) is 2. The molecule has 2 aliphatic rings. The molecule has 0 aromatic carbocycles. The number of aromatic amines is 1. The quantitative estimate of drug-likeness (QED) is 0.678. The van der Waals surface area contributed by atoms with Crippen LogP contribution in [-0.2, 0) is 16.1 Å². The van der Waals surface area contributed by atoms with Crippen LogP contribution in [0, 0.1) is 12.8 Å². The van der Waals surface area contributed by atoms with Gasteiger partial charge in [-0.05, 0) is 32.7 Å². The van der Waals surface area contributed by atoms with Crippen LogP contribution in [0.3, 0.4) is 0 Å². The molecule has 0 spiro atoms. The van der Waals surface area contributed by atoms with E-state index in [0.717, 1.165) is 19.4 Å². The molecule has 0 saturated carbocycles. The van der Waals surface area contributed by atoms with Gasteiger partial charge in [0.15, 0.2) is 0 Å². The Kier molecular flexibility index (Phi) is 5.79. The number of nitrogens with one attached hydrogen (secondary N) is 2. The minimum Gasteiger partial charge on any atom is -0.341 e. The van der Waals surface area contributed by atoms with Gasteiger partial charge in [0.05, 0.1) is 0 Å². The molecule has 2 saturated heterocycles. The summed E-state index contributed by atoms with van der Waals surface area (Å²) in [6.45, 7) is 4.13. The number of aromatic nitrogens is 2. The molecule has 2 atom stereocenters. The average molecular weight is 377 g/mol. The molecule has 27 heavy (non-hydrogen) atoms. The Bertz CT molecular complexity index is 830. The van der Waals surface area contributed by atoms with E-state index in [-0.39, 0.29) is 30.3 Å². The predicted molar refractivity (Wildman–Crippen MR) is 99.4 cm³/mol. The van der Waals surface area contributed by atoms with E-state index >= 15 is 0 Å². The lowest BCUT2D eigenvalue weighted by molar-refractivity contribution is -0.144. The minimum absolute atomic E-state index is 0.0871. The van der Waals surface area contributed by atoms with Gasteiger partial charge in [-0.15, -0.1) is 0 Å². The number of carbonyl (C=O) groups excluding carboxylic acids is 2. The zero-order chi connectivity index (χ0) is 19.6. The Morgan fingerprint density at radius 3 is 2.81 bits per heavy atom. The molecular weight excluding hydrogens is 350 g/mol. The highest BCUT2D eigenvalue weighted by molar-refractivity contribution is 5.78. The summed E-state index contributed by atoms with van der Waals surface area (Å²) in [5.74, 6) is 0.327. The molecule has 1 aromatic heterocycles. The highest BCUT2D eigenvalue weighted by atomic mass is 16.2. The smallest absolute Gasteiger partial charge is 0.328 e. The molecule has 9 heteroatoms.